The lowest BCUT2D eigenvalue weighted by Gasteiger charge is -2.08. The maximum atomic E-state index is 13.4. The number of rotatable bonds is 3. The summed E-state index contributed by atoms with van der Waals surface area (Å²) in [5, 5.41) is 4.08. The van der Waals surface area contributed by atoms with Gasteiger partial charge in [0.25, 0.3) is 0 Å². The molecule has 1 aromatic heterocycles. The second kappa shape index (κ2) is 4.57. The van der Waals surface area contributed by atoms with E-state index in [1.807, 2.05) is 19.9 Å². The quantitative estimate of drug-likeness (QED) is 0.813. The standard InChI is InChI=1S/C13H15FN2O/c1-9(2)10-6-11(14)8-12(7-10)17-13-4-5-16(3)15-13/h4-9H,1-3H3. The summed E-state index contributed by atoms with van der Waals surface area (Å²) in [5.74, 6) is 0.916. The monoisotopic (exact) mass is 234 g/mol. The van der Waals surface area contributed by atoms with E-state index in [1.165, 1.54) is 12.1 Å². The molecule has 1 heterocycles. The number of halogens is 1. The van der Waals surface area contributed by atoms with E-state index in [1.54, 1.807) is 24.0 Å². The molecule has 0 saturated heterocycles. The maximum Gasteiger partial charge on any atom is 0.238 e. The molecule has 2 rings (SSSR count). The van der Waals surface area contributed by atoms with Crippen molar-refractivity contribution in [2.24, 2.45) is 7.05 Å². The van der Waals surface area contributed by atoms with E-state index < -0.39 is 0 Å². The summed E-state index contributed by atoms with van der Waals surface area (Å²) >= 11 is 0. The van der Waals surface area contributed by atoms with E-state index >= 15 is 0 Å². The number of ether oxygens (including phenoxy) is 1. The molecule has 0 spiro atoms. The molecule has 0 unspecified atom stereocenters. The fraction of sp³-hybridized carbons (Fsp3) is 0.308. The highest BCUT2D eigenvalue weighted by molar-refractivity contribution is 5.33. The highest BCUT2D eigenvalue weighted by Crippen LogP contribution is 2.25. The van der Waals surface area contributed by atoms with E-state index in [4.69, 9.17) is 4.74 Å². The second-order valence-electron chi connectivity index (χ2n) is 4.30. The molecular weight excluding hydrogens is 219 g/mol. The number of aromatic nitrogens is 2. The summed E-state index contributed by atoms with van der Waals surface area (Å²) in [6.07, 6.45) is 1.78. The number of nitrogens with zero attached hydrogens (tertiary/aromatic N) is 2. The lowest BCUT2D eigenvalue weighted by molar-refractivity contribution is 0.448. The third-order valence-electron chi connectivity index (χ3n) is 2.47. The van der Waals surface area contributed by atoms with E-state index in [-0.39, 0.29) is 11.7 Å². The van der Waals surface area contributed by atoms with Crippen molar-refractivity contribution in [3.63, 3.8) is 0 Å². The van der Waals surface area contributed by atoms with Crippen molar-refractivity contribution >= 4 is 0 Å². The van der Waals surface area contributed by atoms with Crippen LogP contribution in [0.15, 0.2) is 30.5 Å². The van der Waals surface area contributed by atoms with Gasteiger partial charge in [0.05, 0.1) is 0 Å². The summed E-state index contributed by atoms with van der Waals surface area (Å²) in [6.45, 7) is 4.03. The topological polar surface area (TPSA) is 27.1 Å². The van der Waals surface area contributed by atoms with Crippen LogP contribution < -0.4 is 4.74 Å². The van der Waals surface area contributed by atoms with Gasteiger partial charge in [0.15, 0.2) is 0 Å². The summed E-state index contributed by atoms with van der Waals surface area (Å²) in [4.78, 5) is 0. The zero-order valence-electron chi connectivity index (χ0n) is 10.1. The molecule has 0 saturated carbocycles. The highest BCUT2D eigenvalue weighted by atomic mass is 19.1. The van der Waals surface area contributed by atoms with Crippen molar-refractivity contribution in [2.75, 3.05) is 0 Å². The van der Waals surface area contributed by atoms with E-state index in [9.17, 15) is 4.39 Å². The number of hydrogen-bond acceptors (Lipinski definition) is 2. The predicted molar refractivity (Wildman–Crippen MR) is 63.8 cm³/mol. The fourth-order valence-electron chi connectivity index (χ4n) is 1.55. The first kappa shape index (κ1) is 11.6. The summed E-state index contributed by atoms with van der Waals surface area (Å²) in [5.41, 5.74) is 0.913. The molecule has 0 aliphatic rings. The number of benzene rings is 1. The molecule has 1 aromatic carbocycles. The summed E-state index contributed by atoms with van der Waals surface area (Å²) < 4.78 is 20.5. The average Bonchev–Trinajstić information content (AvgIpc) is 2.63. The van der Waals surface area contributed by atoms with Gasteiger partial charge in [0.2, 0.25) is 5.88 Å². The third kappa shape index (κ3) is 2.84. The van der Waals surface area contributed by atoms with Gasteiger partial charge in [-0.05, 0) is 23.6 Å². The van der Waals surface area contributed by atoms with E-state index in [0.29, 0.717) is 11.6 Å². The smallest absolute Gasteiger partial charge is 0.238 e. The van der Waals surface area contributed by atoms with Crippen LogP contribution in [-0.4, -0.2) is 9.78 Å². The minimum absolute atomic E-state index is 0.261. The molecule has 3 nitrogen and oxygen atoms in total. The van der Waals surface area contributed by atoms with Gasteiger partial charge in [-0.15, -0.1) is 5.10 Å². The first-order valence-corrected chi connectivity index (χ1v) is 5.52. The third-order valence-corrected chi connectivity index (χ3v) is 2.47. The number of hydrogen-bond donors (Lipinski definition) is 0. The van der Waals surface area contributed by atoms with Gasteiger partial charge < -0.3 is 4.74 Å². The molecular formula is C13H15FN2O. The van der Waals surface area contributed by atoms with Crippen molar-refractivity contribution in [1.29, 1.82) is 0 Å². The summed E-state index contributed by atoms with van der Waals surface area (Å²) in [6, 6.07) is 6.46. The van der Waals surface area contributed by atoms with Gasteiger partial charge in [-0.25, -0.2) is 4.39 Å². The molecule has 0 amide bonds. The molecule has 17 heavy (non-hydrogen) atoms. The minimum Gasteiger partial charge on any atom is -0.437 e. The largest absolute Gasteiger partial charge is 0.437 e. The normalized spacial score (nSPS) is 10.9. The summed E-state index contributed by atoms with van der Waals surface area (Å²) in [7, 11) is 1.80. The molecule has 90 valence electrons. The Balaban J connectivity index is 2.26. The molecule has 0 atom stereocenters. The van der Waals surface area contributed by atoms with Crippen LogP contribution in [-0.2, 0) is 7.05 Å². The van der Waals surface area contributed by atoms with Crippen molar-refractivity contribution in [2.45, 2.75) is 19.8 Å². The zero-order chi connectivity index (χ0) is 12.4. The van der Waals surface area contributed by atoms with Crippen LogP contribution in [0.1, 0.15) is 25.3 Å². The van der Waals surface area contributed by atoms with Crippen LogP contribution in [0.3, 0.4) is 0 Å². The number of aryl methyl sites for hydroxylation is 1. The maximum absolute atomic E-state index is 13.4. The van der Waals surface area contributed by atoms with E-state index in [2.05, 4.69) is 5.10 Å². The van der Waals surface area contributed by atoms with Crippen LogP contribution in [0.4, 0.5) is 4.39 Å². The Morgan fingerprint density at radius 3 is 2.65 bits per heavy atom. The fourth-order valence-corrected chi connectivity index (χ4v) is 1.55. The molecule has 2 aromatic rings. The van der Waals surface area contributed by atoms with Crippen LogP contribution in [0.2, 0.25) is 0 Å². The van der Waals surface area contributed by atoms with Gasteiger partial charge >= 0.3 is 0 Å². The SMILES string of the molecule is CC(C)c1cc(F)cc(Oc2ccn(C)n2)c1. The Morgan fingerprint density at radius 2 is 2.06 bits per heavy atom. The Bertz CT molecular complexity index is 520. The van der Waals surface area contributed by atoms with Crippen LogP contribution in [0, 0.1) is 5.82 Å². The van der Waals surface area contributed by atoms with Crippen molar-refractivity contribution < 1.29 is 9.13 Å². The van der Waals surface area contributed by atoms with Crippen molar-refractivity contribution in [3.8, 4) is 11.6 Å². The molecule has 0 N–H and O–H groups in total. The van der Waals surface area contributed by atoms with Gasteiger partial charge in [0.1, 0.15) is 11.6 Å². The second-order valence-corrected chi connectivity index (χ2v) is 4.30. The van der Waals surface area contributed by atoms with E-state index in [0.717, 1.165) is 5.56 Å². The van der Waals surface area contributed by atoms with Crippen LogP contribution >= 0.6 is 0 Å². The van der Waals surface area contributed by atoms with Crippen molar-refractivity contribution in [1.82, 2.24) is 9.78 Å². The Hall–Kier alpha value is -1.84. The Morgan fingerprint density at radius 1 is 1.29 bits per heavy atom. The zero-order valence-corrected chi connectivity index (χ0v) is 10.1. The first-order valence-electron chi connectivity index (χ1n) is 5.52. The van der Waals surface area contributed by atoms with Gasteiger partial charge in [-0.3, -0.25) is 4.68 Å². The highest BCUT2D eigenvalue weighted by Gasteiger charge is 2.07. The predicted octanol–water partition coefficient (Wildman–Crippen LogP) is 3.47. The van der Waals surface area contributed by atoms with Crippen molar-refractivity contribution in [3.05, 3.63) is 41.8 Å². The van der Waals surface area contributed by atoms with Crippen LogP contribution in [0.25, 0.3) is 0 Å². The minimum atomic E-state index is -0.290. The Kier molecular flexibility index (Phi) is 3.13. The van der Waals surface area contributed by atoms with Crippen LogP contribution in [0.5, 0.6) is 11.6 Å². The first-order chi connectivity index (χ1) is 8.04. The lowest BCUT2D eigenvalue weighted by atomic mass is 10.0. The molecule has 0 radical (unpaired) electrons. The van der Waals surface area contributed by atoms with Gasteiger partial charge in [0, 0.05) is 25.4 Å². The van der Waals surface area contributed by atoms with Gasteiger partial charge in [-0.1, -0.05) is 13.8 Å². The molecule has 0 aliphatic carbocycles. The Labute approximate surface area is 99.8 Å². The molecule has 0 bridgehead atoms. The molecule has 4 heteroatoms. The molecule has 0 fully saturated rings. The average molecular weight is 234 g/mol. The lowest BCUT2D eigenvalue weighted by Crippen LogP contribution is -1.93. The molecule has 0 aliphatic heterocycles. The van der Waals surface area contributed by atoms with Gasteiger partial charge in [-0.2, -0.15) is 0 Å².